The molecule has 106 valence electrons. The Morgan fingerprint density at radius 1 is 1.45 bits per heavy atom. The highest BCUT2D eigenvalue weighted by atomic mass is 16.5. The van der Waals surface area contributed by atoms with E-state index < -0.39 is 0 Å². The van der Waals surface area contributed by atoms with Crippen molar-refractivity contribution < 1.29 is 9.53 Å². The predicted octanol–water partition coefficient (Wildman–Crippen LogP) is 1.80. The lowest BCUT2D eigenvalue weighted by molar-refractivity contribution is -0.116. The van der Waals surface area contributed by atoms with Crippen LogP contribution in [-0.2, 0) is 4.79 Å². The molecule has 0 bridgehead atoms. The Kier molecular flexibility index (Phi) is 4.65. The number of hydrogen-bond donors (Lipinski definition) is 1. The van der Waals surface area contributed by atoms with Crippen LogP contribution in [0.15, 0.2) is 24.5 Å². The van der Waals surface area contributed by atoms with Gasteiger partial charge in [-0.25, -0.2) is 0 Å². The number of benzene rings is 1. The van der Waals surface area contributed by atoms with Crippen LogP contribution in [0.25, 0.3) is 5.69 Å². The van der Waals surface area contributed by atoms with Crippen molar-refractivity contribution in [3.8, 4) is 11.4 Å². The number of ether oxygens (including phenoxy) is 1. The maximum Gasteiger partial charge on any atom is 0.224 e. The average molecular weight is 275 g/mol. The summed E-state index contributed by atoms with van der Waals surface area (Å²) in [6, 6.07) is 5.34. The lowest BCUT2D eigenvalue weighted by Gasteiger charge is -2.10. The molecule has 0 saturated heterocycles. The second-order valence-corrected chi connectivity index (χ2v) is 4.29. The molecule has 0 saturated carbocycles. The van der Waals surface area contributed by atoms with Gasteiger partial charge in [0.05, 0.1) is 7.11 Å². The van der Waals surface area contributed by atoms with Crippen molar-refractivity contribution in [1.29, 1.82) is 0 Å². The molecule has 0 spiro atoms. The summed E-state index contributed by atoms with van der Waals surface area (Å²) in [7, 11) is 1.57. The molecule has 7 heteroatoms. The summed E-state index contributed by atoms with van der Waals surface area (Å²) in [5.41, 5.74) is 1.36. The van der Waals surface area contributed by atoms with Crippen LogP contribution in [0.2, 0.25) is 0 Å². The molecule has 1 aromatic heterocycles. The first-order chi connectivity index (χ1) is 9.74. The molecule has 0 atom stereocenters. The highest BCUT2D eigenvalue weighted by molar-refractivity contribution is 5.91. The zero-order valence-electron chi connectivity index (χ0n) is 11.5. The average Bonchev–Trinajstić information content (AvgIpc) is 2.99. The van der Waals surface area contributed by atoms with E-state index in [-0.39, 0.29) is 5.91 Å². The number of methoxy groups -OCH3 is 1. The fourth-order valence-electron chi connectivity index (χ4n) is 1.78. The van der Waals surface area contributed by atoms with E-state index >= 15 is 0 Å². The van der Waals surface area contributed by atoms with Crippen molar-refractivity contribution in [2.75, 3.05) is 12.4 Å². The van der Waals surface area contributed by atoms with Gasteiger partial charge in [0, 0.05) is 12.1 Å². The van der Waals surface area contributed by atoms with E-state index in [2.05, 4.69) is 27.8 Å². The molecule has 1 N–H and O–H groups in total. The van der Waals surface area contributed by atoms with E-state index in [1.165, 1.54) is 11.0 Å². The van der Waals surface area contributed by atoms with Gasteiger partial charge in [0.25, 0.3) is 0 Å². The Morgan fingerprint density at radius 2 is 2.30 bits per heavy atom. The van der Waals surface area contributed by atoms with Crippen LogP contribution < -0.4 is 10.1 Å². The van der Waals surface area contributed by atoms with E-state index in [0.29, 0.717) is 23.5 Å². The van der Waals surface area contributed by atoms with Gasteiger partial charge in [0.15, 0.2) is 0 Å². The van der Waals surface area contributed by atoms with Gasteiger partial charge in [-0.15, -0.1) is 5.10 Å². The SMILES string of the molecule is CCCCC(=O)Nc1ccc(OC)c(-n2cnnn2)c1. The van der Waals surface area contributed by atoms with Gasteiger partial charge in [-0.05, 0) is 35.0 Å². The molecule has 2 aromatic rings. The molecule has 0 fully saturated rings. The van der Waals surface area contributed by atoms with Crippen molar-refractivity contribution in [3.63, 3.8) is 0 Å². The minimum Gasteiger partial charge on any atom is -0.494 e. The smallest absolute Gasteiger partial charge is 0.224 e. The number of amides is 1. The van der Waals surface area contributed by atoms with Gasteiger partial charge in [0.2, 0.25) is 5.91 Å². The number of carbonyl (C=O) groups is 1. The number of nitrogens with one attached hydrogen (secondary N) is 1. The van der Waals surface area contributed by atoms with Crippen LogP contribution in [0.4, 0.5) is 5.69 Å². The molecule has 20 heavy (non-hydrogen) atoms. The molecule has 7 nitrogen and oxygen atoms in total. The quantitative estimate of drug-likeness (QED) is 0.869. The van der Waals surface area contributed by atoms with E-state index in [1.54, 1.807) is 25.3 Å². The van der Waals surface area contributed by atoms with Crippen LogP contribution in [0, 0.1) is 0 Å². The number of aromatic nitrogens is 4. The topological polar surface area (TPSA) is 81.9 Å². The first-order valence-corrected chi connectivity index (χ1v) is 6.46. The molecule has 0 aliphatic carbocycles. The number of nitrogens with zero attached hydrogens (tertiary/aromatic N) is 4. The van der Waals surface area contributed by atoms with E-state index in [0.717, 1.165) is 12.8 Å². The third kappa shape index (κ3) is 3.31. The third-order valence-electron chi connectivity index (χ3n) is 2.82. The second-order valence-electron chi connectivity index (χ2n) is 4.29. The molecule has 2 rings (SSSR count). The Bertz CT molecular complexity index is 568. The van der Waals surface area contributed by atoms with E-state index in [1.807, 2.05) is 0 Å². The van der Waals surface area contributed by atoms with Crippen LogP contribution in [0.1, 0.15) is 26.2 Å². The summed E-state index contributed by atoms with van der Waals surface area (Å²) in [5.74, 6) is 0.628. The minimum absolute atomic E-state index is 0.000294. The fourth-order valence-corrected chi connectivity index (χ4v) is 1.78. The molecule has 1 aromatic carbocycles. The molecule has 0 aliphatic heterocycles. The highest BCUT2D eigenvalue weighted by Crippen LogP contribution is 2.25. The molecule has 0 unspecified atom stereocenters. The summed E-state index contributed by atoms with van der Waals surface area (Å²) < 4.78 is 6.75. The number of rotatable bonds is 6. The van der Waals surface area contributed by atoms with Crippen LogP contribution in [0.5, 0.6) is 5.75 Å². The highest BCUT2D eigenvalue weighted by Gasteiger charge is 2.09. The molecule has 1 heterocycles. The minimum atomic E-state index is -0.000294. The Balaban J connectivity index is 2.20. The first-order valence-electron chi connectivity index (χ1n) is 6.46. The van der Waals surface area contributed by atoms with Crippen molar-refractivity contribution >= 4 is 11.6 Å². The molecular formula is C13H17N5O2. The van der Waals surface area contributed by atoms with E-state index in [9.17, 15) is 4.79 Å². The van der Waals surface area contributed by atoms with E-state index in [4.69, 9.17) is 4.74 Å². The predicted molar refractivity (Wildman–Crippen MR) is 73.9 cm³/mol. The Morgan fingerprint density at radius 3 is 2.95 bits per heavy atom. The number of hydrogen-bond acceptors (Lipinski definition) is 5. The molecule has 1 amide bonds. The third-order valence-corrected chi connectivity index (χ3v) is 2.82. The maximum atomic E-state index is 11.7. The molecular weight excluding hydrogens is 258 g/mol. The van der Waals surface area contributed by atoms with Gasteiger partial charge >= 0.3 is 0 Å². The molecule has 0 radical (unpaired) electrons. The van der Waals surface area contributed by atoms with Crippen molar-refractivity contribution in [2.45, 2.75) is 26.2 Å². The van der Waals surface area contributed by atoms with Gasteiger partial charge in [-0.2, -0.15) is 4.68 Å². The van der Waals surface area contributed by atoms with Gasteiger partial charge in [0.1, 0.15) is 17.8 Å². The summed E-state index contributed by atoms with van der Waals surface area (Å²) >= 11 is 0. The summed E-state index contributed by atoms with van der Waals surface area (Å²) in [4.78, 5) is 11.7. The summed E-state index contributed by atoms with van der Waals surface area (Å²) in [5, 5.41) is 13.9. The zero-order chi connectivity index (χ0) is 14.4. The standard InChI is InChI=1S/C13H17N5O2/c1-3-4-5-13(19)15-10-6-7-12(20-2)11(8-10)18-9-14-16-17-18/h6-9H,3-5H2,1-2H3,(H,15,19). The first kappa shape index (κ1) is 14.0. The monoisotopic (exact) mass is 275 g/mol. The van der Waals surface area contributed by atoms with Crippen molar-refractivity contribution in [1.82, 2.24) is 20.2 Å². The maximum absolute atomic E-state index is 11.7. The van der Waals surface area contributed by atoms with Crippen LogP contribution >= 0.6 is 0 Å². The zero-order valence-corrected chi connectivity index (χ0v) is 11.5. The molecule has 0 aliphatic rings. The fraction of sp³-hybridized carbons (Fsp3) is 0.385. The van der Waals surface area contributed by atoms with Gasteiger partial charge < -0.3 is 10.1 Å². The van der Waals surface area contributed by atoms with Crippen LogP contribution in [0.3, 0.4) is 0 Å². The summed E-state index contributed by atoms with van der Waals surface area (Å²) in [6.07, 6.45) is 3.86. The lowest BCUT2D eigenvalue weighted by atomic mass is 10.2. The largest absolute Gasteiger partial charge is 0.494 e. The Hall–Kier alpha value is -2.44. The number of anilines is 1. The van der Waals surface area contributed by atoms with Gasteiger partial charge in [-0.1, -0.05) is 13.3 Å². The number of carbonyl (C=O) groups excluding carboxylic acids is 1. The summed E-state index contributed by atoms with van der Waals surface area (Å²) in [6.45, 7) is 2.05. The Labute approximate surface area is 116 Å². The van der Waals surface area contributed by atoms with Gasteiger partial charge in [-0.3, -0.25) is 4.79 Å². The number of unbranched alkanes of at least 4 members (excludes halogenated alkanes) is 1. The normalized spacial score (nSPS) is 10.3. The lowest BCUT2D eigenvalue weighted by Crippen LogP contribution is -2.11. The van der Waals surface area contributed by atoms with Crippen LogP contribution in [-0.4, -0.2) is 33.2 Å². The van der Waals surface area contributed by atoms with Crippen molar-refractivity contribution in [3.05, 3.63) is 24.5 Å². The second kappa shape index (κ2) is 6.65. The van der Waals surface area contributed by atoms with Crippen molar-refractivity contribution in [2.24, 2.45) is 0 Å². The number of tetrazole rings is 1.